The predicted octanol–water partition coefficient (Wildman–Crippen LogP) is 2.28. The number of methoxy groups -OCH3 is 1. The number of hydrogen-bond acceptors (Lipinski definition) is 3. The molecule has 0 aliphatic carbocycles. The molecule has 0 saturated carbocycles. The largest absolute Gasteiger partial charge is 0.496 e. The van der Waals surface area contributed by atoms with E-state index in [1.54, 1.807) is 20.4 Å². The summed E-state index contributed by atoms with van der Waals surface area (Å²) in [5.41, 5.74) is 3.65. The minimum Gasteiger partial charge on any atom is -0.496 e. The monoisotopic (exact) mass is 273 g/mol. The Morgan fingerprint density at radius 2 is 2.05 bits per heavy atom. The van der Waals surface area contributed by atoms with Crippen LogP contribution in [0.15, 0.2) is 41.5 Å². The van der Waals surface area contributed by atoms with Crippen molar-refractivity contribution in [3.8, 4) is 5.75 Å². The van der Waals surface area contributed by atoms with E-state index in [0.717, 1.165) is 22.1 Å². The molecule has 0 fully saturated rings. The molecule has 0 unspecified atom stereocenters. The van der Waals surface area contributed by atoms with E-state index in [2.05, 4.69) is 21.9 Å². The molecule has 0 bridgehead atoms. The van der Waals surface area contributed by atoms with Gasteiger partial charge >= 0.3 is 0 Å². The van der Waals surface area contributed by atoms with E-state index >= 15 is 0 Å². The van der Waals surface area contributed by atoms with Crippen LogP contribution in [0.3, 0.4) is 0 Å². The number of hydrazone groups is 1. The topological polar surface area (TPSA) is 45.7 Å². The van der Waals surface area contributed by atoms with Crippen molar-refractivity contribution in [2.45, 2.75) is 0 Å². The fourth-order valence-corrected chi connectivity index (χ4v) is 1.85. The van der Waals surface area contributed by atoms with Crippen LogP contribution in [-0.4, -0.2) is 25.5 Å². The lowest BCUT2D eigenvalue weighted by atomic mass is 10.0. The standard InChI is InChI=1S/C14H15N3OS/c1-15-14(19)17-16-9-12-11-6-4-3-5-10(11)7-8-13(12)18-2/h3-9H,1-2H3,(H2,15,17,19)/b16-9+. The molecular formula is C14H15N3OS. The number of hydrogen-bond donors (Lipinski definition) is 2. The average Bonchev–Trinajstić information content (AvgIpc) is 2.47. The highest BCUT2D eigenvalue weighted by molar-refractivity contribution is 7.80. The van der Waals surface area contributed by atoms with Gasteiger partial charge in [0.15, 0.2) is 5.11 Å². The van der Waals surface area contributed by atoms with Crippen molar-refractivity contribution in [2.24, 2.45) is 5.10 Å². The normalized spacial score (nSPS) is 10.6. The summed E-state index contributed by atoms with van der Waals surface area (Å²) in [6, 6.07) is 12.0. The third-order valence-corrected chi connectivity index (χ3v) is 3.03. The van der Waals surface area contributed by atoms with Gasteiger partial charge in [0.2, 0.25) is 0 Å². The fraction of sp³-hybridized carbons (Fsp3) is 0.143. The minimum atomic E-state index is 0.468. The highest BCUT2D eigenvalue weighted by Crippen LogP contribution is 2.26. The van der Waals surface area contributed by atoms with Crippen LogP contribution < -0.4 is 15.5 Å². The van der Waals surface area contributed by atoms with Gasteiger partial charge in [-0.1, -0.05) is 30.3 Å². The van der Waals surface area contributed by atoms with E-state index < -0.39 is 0 Å². The van der Waals surface area contributed by atoms with E-state index in [0.29, 0.717) is 5.11 Å². The number of fused-ring (bicyclic) bond motifs is 1. The Morgan fingerprint density at radius 1 is 1.26 bits per heavy atom. The second-order valence-electron chi connectivity index (χ2n) is 3.85. The van der Waals surface area contributed by atoms with Crippen molar-refractivity contribution in [3.63, 3.8) is 0 Å². The minimum absolute atomic E-state index is 0.468. The summed E-state index contributed by atoms with van der Waals surface area (Å²) in [6.45, 7) is 0. The molecule has 5 heteroatoms. The fourth-order valence-electron chi connectivity index (χ4n) is 1.80. The second-order valence-corrected chi connectivity index (χ2v) is 4.26. The van der Waals surface area contributed by atoms with Gasteiger partial charge in [-0.05, 0) is 29.1 Å². The van der Waals surface area contributed by atoms with Crippen molar-refractivity contribution in [1.82, 2.24) is 10.7 Å². The molecule has 0 radical (unpaired) electrons. The summed E-state index contributed by atoms with van der Waals surface area (Å²) in [7, 11) is 3.39. The Bertz CT molecular complexity index is 625. The molecule has 0 aliphatic heterocycles. The van der Waals surface area contributed by atoms with Crippen molar-refractivity contribution < 1.29 is 4.74 Å². The van der Waals surface area contributed by atoms with Crippen LogP contribution in [0.5, 0.6) is 5.75 Å². The third-order valence-electron chi connectivity index (χ3n) is 2.74. The first kappa shape index (κ1) is 13.3. The zero-order valence-electron chi connectivity index (χ0n) is 10.8. The maximum Gasteiger partial charge on any atom is 0.186 e. The molecule has 0 aliphatic rings. The number of nitrogens with zero attached hydrogens (tertiary/aromatic N) is 1. The molecular weight excluding hydrogens is 258 g/mol. The van der Waals surface area contributed by atoms with E-state index in [4.69, 9.17) is 17.0 Å². The van der Waals surface area contributed by atoms with Gasteiger partial charge in [0.1, 0.15) is 5.75 Å². The Kier molecular flexibility index (Phi) is 4.30. The van der Waals surface area contributed by atoms with Crippen molar-refractivity contribution in [3.05, 3.63) is 42.0 Å². The summed E-state index contributed by atoms with van der Waals surface area (Å²) < 4.78 is 5.37. The third kappa shape index (κ3) is 3.00. The number of ether oxygens (including phenoxy) is 1. The quantitative estimate of drug-likeness (QED) is 0.511. The SMILES string of the molecule is CNC(=S)N/N=C/c1c(OC)ccc2ccccc12. The average molecular weight is 273 g/mol. The Hall–Kier alpha value is -2.14. The first-order valence-corrected chi connectivity index (χ1v) is 6.23. The van der Waals surface area contributed by atoms with Crippen LogP contribution in [0, 0.1) is 0 Å². The highest BCUT2D eigenvalue weighted by atomic mass is 32.1. The maximum atomic E-state index is 5.37. The van der Waals surface area contributed by atoms with Crippen LogP contribution >= 0.6 is 12.2 Å². The van der Waals surface area contributed by atoms with Crippen LogP contribution in [-0.2, 0) is 0 Å². The summed E-state index contributed by atoms with van der Waals surface area (Å²) >= 11 is 4.96. The van der Waals surface area contributed by atoms with Gasteiger partial charge in [-0.15, -0.1) is 0 Å². The zero-order chi connectivity index (χ0) is 13.7. The smallest absolute Gasteiger partial charge is 0.186 e. The second kappa shape index (κ2) is 6.15. The molecule has 2 aromatic carbocycles. The van der Waals surface area contributed by atoms with Crippen LogP contribution in [0.4, 0.5) is 0 Å². The molecule has 0 aromatic heterocycles. The molecule has 2 aromatic rings. The number of benzene rings is 2. The van der Waals surface area contributed by atoms with E-state index in [9.17, 15) is 0 Å². The lowest BCUT2D eigenvalue weighted by Gasteiger charge is -2.08. The lowest BCUT2D eigenvalue weighted by Crippen LogP contribution is -2.28. The Labute approximate surface area is 117 Å². The van der Waals surface area contributed by atoms with E-state index in [1.807, 2.05) is 30.3 Å². The highest BCUT2D eigenvalue weighted by Gasteiger charge is 2.05. The molecule has 0 amide bonds. The van der Waals surface area contributed by atoms with Crippen molar-refractivity contribution >= 4 is 34.3 Å². The maximum absolute atomic E-state index is 5.37. The molecule has 4 nitrogen and oxygen atoms in total. The zero-order valence-corrected chi connectivity index (χ0v) is 11.6. The van der Waals surface area contributed by atoms with Crippen molar-refractivity contribution in [1.29, 1.82) is 0 Å². The first-order valence-electron chi connectivity index (χ1n) is 5.83. The first-order chi connectivity index (χ1) is 9.26. The molecule has 0 spiro atoms. The summed E-state index contributed by atoms with van der Waals surface area (Å²) in [5.74, 6) is 0.777. The summed E-state index contributed by atoms with van der Waals surface area (Å²) in [4.78, 5) is 0. The summed E-state index contributed by atoms with van der Waals surface area (Å²) in [6.07, 6.45) is 1.71. The van der Waals surface area contributed by atoms with E-state index in [-0.39, 0.29) is 0 Å². The van der Waals surface area contributed by atoms with Gasteiger partial charge in [0, 0.05) is 12.6 Å². The van der Waals surface area contributed by atoms with Crippen LogP contribution in [0.1, 0.15) is 5.56 Å². The van der Waals surface area contributed by atoms with Crippen molar-refractivity contribution in [2.75, 3.05) is 14.2 Å². The van der Waals surface area contributed by atoms with E-state index in [1.165, 1.54) is 0 Å². The number of nitrogens with one attached hydrogen (secondary N) is 2. The van der Waals surface area contributed by atoms with Crippen LogP contribution in [0.2, 0.25) is 0 Å². The van der Waals surface area contributed by atoms with Gasteiger partial charge in [0.05, 0.1) is 13.3 Å². The molecule has 2 N–H and O–H groups in total. The van der Waals surface area contributed by atoms with Gasteiger partial charge in [-0.25, -0.2) is 0 Å². The molecule has 2 rings (SSSR count). The molecule has 98 valence electrons. The summed E-state index contributed by atoms with van der Waals surface area (Å²) in [5, 5.41) is 9.60. The number of rotatable bonds is 3. The lowest BCUT2D eigenvalue weighted by molar-refractivity contribution is 0.415. The van der Waals surface area contributed by atoms with Gasteiger partial charge < -0.3 is 10.1 Å². The van der Waals surface area contributed by atoms with Crippen LogP contribution in [0.25, 0.3) is 10.8 Å². The molecule has 19 heavy (non-hydrogen) atoms. The Morgan fingerprint density at radius 3 is 2.79 bits per heavy atom. The molecule has 0 atom stereocenters. The Balaban J connectivity index is 2.41. The van der Waals surface area contributed by atoms with Gasteiger partial charge in [0.25, 0.3) is 0 Å². The predicted molar refractivity (Wildman–Crippen MR) is 82.9 cm³/mol. The van der Waals surface area contributed by atoms with Gasteiger partial charge in [-0.2, -0.15) is 5.10 Å². The van der Waals surface area contributed by atoms with Gasteiger partial charge in [-0.3, -0.25) is 5.43 Å². The molecule has 0 saturated heterocycles. The molecule has 0 heterocycles. The number of thiocarbonyl (C=S) groups is 1.